The maximum atomic E-state index is 12.9. The van der Waals surface area contributed by atoms with Crippen LogP contribution in [0, 0.1) is 17.0 Å². The Balaban J connectivity index is 1.66. The number of benzene rings is 2. The van der Waals surface area contributed by atoms with E-state index in [1.165, 1.54) is 12.3 Å². The molecule has 0 aliphatic carbocycles. The van der Waals surface area contributed by atoms with Crippen LogP contribution in [0.3, 0.4) is 0 Å². The number of imidazole rings is 1. The maximum Gasteiger partial charge on any atom is 0.292 e. The van der Waals surface area contributed by atoms with Crippen LogP contribution >= 0.6 is 0 Å². The number of H-pyrrole nitrogens is 2. The fourth-order valence-corrected chi connectivity index (χ4v) is 4.68. The minimum atomic E-state index is -0.675. The molecule has 0 unspecified atom stereocenters. The molecular weight excluding hydrogens is 448 g/mol. The van der Waals surface area contributed by atoms with E-state index in [2.05, 4.69) is 20.3 Å². The van der Waals surface area contributed by atoms with Crippen LogP contribution in [0.5, 0.6) is 0 Å². The Morgan fingerprint density at radius 2 is 1.97 bits per heavy atom. The van der Waals surface area contributed by atoms with Crippen molar-refractivity contribution < 1.29 is 9.72 Å². The average molecular weight is 473 g/mol. The molecule has 0 fully saturated rings. The number of para-hydroxylation sites is 1. The lowest BCUT2D eigenvalue weighted by molar-refractivity contribution is -0.384. The number of aryl methyl sites for hydroxylation is 1. The lowest BCUT2D eigenvalue weighted by atomic mass is 9.86. The highest BCUT2D eigenvalue weighted by Crippen LogP contribution is 2.43. The first-order valence-electron chi connectivity index (χ1n) is 11.2. The minimum absolute atomic E-state index is 0.0358. The van der Waals surface area contributed by atoms with E-state index in [1.54, 1.807) is 30.0 Å². The summed E-state index contributed by atoms with van der Waals surface area (Å²) in [4.78, 5) is 49.2. The number of hydrogen-bond acceptors (Lipinski definition) is 6. The molecule has 3 N–H and O–H groups in total. The summed E-state index contributed by atoms with van der Waals surface area (Å²) in [5.74, 6) is 0.352. The average Bonchev–Trinajstić information content (AvgIpc) is 3.29. The monoisotopic (exact) mass is 472 g/mol. The zero-order valence-electron chi connectivity index (χ0n) is 19.7. The molecule has 0 radical (unpaired) electrons. The predicted octanol–water partition coefficient (Wildman–Crippen LogP) is 4.52. The van der Waals surface area contributed by atoms with Gasteiger partial charge in [0.1, 0.15) is 17.1 Å². The second-order valence-corrected chi connectivity index (χ2v) is 9.09. The first kappa shape index (κ1) is 22.3. The number of carbonyl (C=O) groups is 1. The van der Waals surface area contributed by atoms with Crippen molar-refractivity contribution in [1.82, 2.24) is 15.0 Å². The first-order chi connectivity index (χ1) is 16.6. The summed E-state index contributed by atoms with van der Waals surface area (Å²) < 4.78 is 0. The van der Waals surface area contributed by atoms with E-state index in [1.807, 2.05) is 32.9 Å². The number of amides is 1. The number of nitrogens with one attached hydrogen (secondary N) is 3. The molecule has 2 aromatic carbocycles. The van der Waals surface area contributed by atoms with E-state index in [0.29, 0.717) is 40.3 Å². The number of rotatable bonds is 5. The molecule has 2 aromatic heterocycles. The third-order valence-electron chi connectivity index (χ3n) is 6.56. The van der Waals surface area contributed by atoms with Gasteiger partial charge in [-0.25, -0.2) is 4.98 Å². The van der Waals surface area contributed by atoms with Gasteiger partial charge in [0.25, 0.3) is 11.2 Å². The van der Waals surface area contributed by atoms with Gasteiger partial charge in [-0.15, -0.1) is 0 Å². The Bertz CT molecular complexity index is 1580. The summed E-state index contributed by atoms with van der Waals surface area (Å²) in [6.45, 7) is 8.01. The number of aromatic nitrogens is 3. The van der Waals surface area contributed by atoms with Gasteiger partial charge in [0.2, 0.25) is 5.91 Å². The zero-order valence-corrected chi connectivity index (χ0v) is 19.7. The van der Waals surface area contributed by atoms with Crippen molar-refractivity contribution in [2.75, 3.05) is 16.8 Å². The third kappa shape index (κ3) is 3.37. The maximum absolute atomic E-state index is 12.9. The van der Waals surface area contributed by atoms with Crippen molar-refractivity contribution in [2.45, 2.75) is 33.1 Å². The van der Waals surface area contributed by atoms with Crippen LogP contribution in [0.15, 0.2) is 47.4 Å². The molecule has 0 saturated heterocycles. The van der Waals surface area contributed by atoms with E-state index in [0.717, 1.165) is 11.3 Å². The number of pyridine rings is 1. The first-order valence-corrected chi connectivity index (χ1v) is 11.2. The van der Waals surface area contributed by atoms with E-state index in [9.17, 15) is 19.7 Å². The van der Waals surface area contributed by atoms with Gasteiger partial charge in [-0.05, 0) is 57.0 Å². The number of nitro benzene ring substituents is 1. The smallest absolute Gasteiger partial charge is 0.292 e. The van der Waals surface area contributed by atoms with Gasteiger partial charge >= 0.3 is 0 Å². The molecule has 3 heterocycles. The van der Waals surface area contributed by atoms with Crippen LogP contribution in [0.25, 0.3) is 22.4 Å². The van der Waals surface area contributed by atoms with Crippen molar-refractivity contribution in [3.8, 4) is 11.4 Å². The highest BCUT2D eigenvalue weighted by molar-refractivity contribution is 6.09. The molecule has 178 valence electrons. The molecule has 0 saturated carbocycles. The van der Waals surface area contributed by atoms with Crippen LogP contribution < -0.4 is 15.8 Å². The molecular formula is C25H24N6O4. The normalized spacial score (nSPS) is 14.4. The van der Waals surface area contributed by atoms with Crippen LogP contribution in [-0.4, -0.2) is 32.3 Å². The summed E-state index contributed by atoms with van der Waals surface area (Å²) in [5, 5.41) is 14.7. The third-order valence-corrected chi connectivity index (χ3v) is 6.56. The Kier molecular flexibility index (Phi) is 4.97. The standard InChI is InChI=1S/C25H24N6O4/c1-5-30-19-12-17-16(11-14(19)25(3,4)24(30)33)28-22(29-17)20-15(9-10-26-23(20)32)27-21-13(2)7-6-8-18(21)31(34)35/h6-12H,5H2,1-4H3,(H,28,29)(H2,26,27,32). The van der Waals surface area contributed by atoms with Crippen LogP contribution in [-0.2, 0) is 10.2 Å². The zero-order chi connectivity index (χ0) is 25.1. The molecule has 5 rings (SSSR count). The highest BCUT2D eigenvalue weighted by atomic mass is 16.6. The number of aromatic amines is 2. The molecule has 0 bridgehead atoms. The summed E-state index contributed by atoms with van der Waals surface area (Å²) in [5.41, 5.74) is 3.40. The van der Waals surface area contributed by atoms with Gasteiger partial charge in [0, 0.05) is 18.8 Å². The minimum Gasteiger partial charge on any atom is -0.349 e. The van der Waals surface area contributed by atoms with E-state index < -0.39 is 15.9 Å². The molecule has 10 heteroatoms. The highest BCUT2D eigenvalue weighted by Gasteiger charge is 2.43. The Labute approximate surface area is 200 Å². The van der Waals surface area contributed by atoms with E-state index >= 15 is 0 Å². The molecule has 0 spiro atoms. The Hall–Kier alpha value is -4.47. The number of likely N-dealkylation sites (N-methyl/N-ethyl adjacent to an activating group) is 1. The second kappa shape index (κ2) is 7.79. The number of fused-ring (bicyclic) bond motifs is 2. The number of hydrogen-bond donors (Lipinski definition) is 3. The van der Waals surface area contributed by atoms with Crippen LogP contribution in [0.4, 0.5) is 22.7 Å². The predicted molar refractivity (Wildman–Crippen MR) is 134 cm³/mol. The SMILES string of the molecule is CCN1C(=O)C(C)(C)c2cc3[nH]c(-c4c(Nc5c(C)cccc5[N+](=O)[O-])cc[nH]c4=O)nc3cc21. The van der Waals surface area contributed by atoms with Crippen molar-refractivity contribution >= 4 is 39.7 Å². The Morgan fingerprint density at radius 3 is 2.69 bits per heavy atom. The van der Waals surface area contributed by atoms with Crippen LogP contribution in [0.1, 0.15) is 31.9 Å². The molecule has 0 atom stereocenters. The second-order valence-electron chi connectivity index (χ2n) is 9.09. The van der Waals surface area contributed by atoms with Gasteiger partial charge in [0.15, 0.2) is 0 Å². The lowest BCUT2D eigenvalue weighted by Gasteiger charge is -2.18. The lowest BCUT2D eigenvalue weighted by Crippen LogP contribution is -2.35. The van der Waals surface area contributed by atoms with Gasteiger partial charge in [-0.1, -0.05) is 12.1 Å². The molecule has 1 aliphatic rings. The fourth-order valence-electron chi connectivity index (χ4n) is 4.68. The van der Waals surface area contributed by atoms with Gasteiger partial charge in [-0.2, -0.15) is 0 Å². The Morgan fingerprint density at radius 1 is 1.20 bits per heavy atom. The number of nitrogens with zero attached hydrogens (tertiary/aromatic N) is 3. The summed E-state index contributed by atoms with van der Waals surface area (Å²) in [6, 6.07) is 10.2. The summed E-state index contributed by atoms with van der Waals surface area (Å²) in [6.07, 6.45) is 1.47. The van der Waals surface area contributed by atoms with E-state index in [-0.39, 0.29) is 17.2 Å². The molecule has 35 heavy (non-hydrogen) atoms. The van der Waals surface area contributed by atoms with Crippen molar-refractivity contribution in [3.05, 3.63) is 74.2 Å². The fraction of sp³-hybridized carbons (Fsp3) is 0.240. The molecule has 1 aliphatic heterocycles. The van der Waals surface area contributed by atoms with Crippen LogP contribution in [0.2, 0.25) is 0 Å². The number of carbonyl (C=O) groups excluding carboxylic acids is 1. The van der Waals surface area contributed by atoms with E-state index in [4.69, 9.17) is 0 Å². The van der Waals surface area contributed by atoms with Gasteiger partial charge in [-0.3, -0.25) is 19.7 Å². The molecule has 10 nitrogen and oxygen atoms in total. The topological polar surface area (TPSA) is 137 Å². The van der Waals surface area contributed by atoms with Crippen molar-refractivity contribution in [3.63, 3.8) is 0 Å². The largest absolute Gasteiger partial charge is 0.349 e. The number of nitro groups is 1. The quantitative estimate of drug-likeness (QED) is 0.288. The van der Waals surface area contributed by atoms with Gasteiger partial charge < -0.3 is 20.2 Å². The number of anilines is 3. The molecule has 1 amide bonds. The summed E-state index contributed by atoms with van der Waals surface area (Å²) in [7, 11) is 0. The van der Waals surface area contributed by atoms with Gasteiger partial charge in [0.05, 0.1) is 32.7 Å². The summed E-state index contributed by atoms with van der Waals surface area (Å²) >= 11 is 0. The molecule has 4 aromatic rings. The van der Waals surface area contributed by atoms with Crippen molar-refractivity contribution in [2.24, 2.45) is 0 Å². The van der Waals surface area contributed by atoms with Crippen molar-refractivity contribution in [1.29, 1.82) is 0 Å².